The number of para-hydroxylation sites is 2. The van der Waals surface area contributed by atoms with E-state index in [4.69, 9.17) is 16.3 Å². The molecular weight excluding hydrogens is 516 g/mol. The van der Waals surface area contributed by atoms with Crippen LogP contribution in [0.25, 0.3) is 16.7 Å². The lowest BCUT2D eigenvalue weighted by Crippen LogP contribution is -2.39. The number of benzene rings is 1. The van der Waals surface area contributed by atoms with Gasteiger partial charge in [-0.2, -0.15) is 0 Å². The van der Waals surface area contributed by atoms with Crippen LogP contribution in [0, 0.1) is 12.8 Å². The smallest absolute Gasteiger partial charge is 0.333 e. The fourth-order valence-electron chi connectivity index (χ4n) is 5.72. The highest BCUT2D eigenvalue weighted by molar-refractivity contribution is 6.30. The van der Waals surface area contributed by atoms with Gasteiger partial charge in [0.1, 0.15) is 6.61 Å². The summed E-state index contributed by atoms with van der Waals surface area (Å²) in [6, 6.07) is 11.5. The van der Waals surface area contributed by atoms with E-state index in [2.05, 4.69) is 20.2 Å². The Bertz CT molecular complexity index is 1600. The van der Waals surface area contributed by atoms with Crippen molar-refractivity contribution in [3.63, 3.8) is 0 Å². The van der Waals surface area contributed by atoms with Gasteiger partial charge in [0.05, 0.1) is 45.7 Å². The van der Waals surface area contributed by atoms with Crippen LogP contribution in [-0.4, -0.2) is 51.3 Å². The molecule has 3 aromatic heterocycles. The molecular formula is C29H31ClN6O3. The molecule has 0 saturated heterocycles. The normalized spacial score (nSPS) is 19.0. The van der Waals surface area contributed by atoms with Crippen molar-refractivity contribution < 1.29 is 9.53 Å². The molecule has 1 fully saturated rings. The number of pyridine rings is 2. The zero-order chi connectivity index (χ0) is 27.1. The number of nitrogens with zero attached hydrogens (tertiary/aromatic N) is 5. The number of imidazole rings is 1. The number of aryl methyl sites for hydroxylation is 1. The molecule has 2 aliphatic rings. The first-order valence-corrected chi connectivity index (χ1v) is 13.7. The standard InChI is InChI=1S/C29H31ClN6O3/c1-18-23(13-20(30)15-31-18)28(37)33-21-9-7-19(8-10-21)17-35-24-5-3-4-6-25(24)36(29(35)38)22-14-26-27(32-16-22)34(2)11-12-39-26/h3-6,13-16,19,21H,7-12,17H2,1-2H3,(H,33,37)/t19-,21-. The van der Waals surface area contributed by atoms with Gasteiger partial charge < -0.3 is 15.0 Å². The maximum Gasteiger partial charge on any atom is 0.333 e. The summed E-state index contributed by atoms with van der Waals surface area (Å²) in [6.07, 6.45) is 6.85. The first-order chi connectivity index (χ1) is 18.9. The van der Waals surface area contributed by atoms with Crippen LogP contribution in [0.15, 0.2) is 53.6 Å². The van der Waals surface area contributed by atoms with Gasteiger partial charge in [0.2, 0.25) is 0 Å². The van der Waals surface area contributed by atoms with Gasteiger partial charge in [-0.05, 0) is 56.7 Å². The molecule has 0 unspecified atom stereocenters. The number of rotatable bonds is 5. The molecule has 1 aliphatic carbocycles. The first kappa shape index (κ1) is 25.4. The molecule has 1 aromatic carbocycles. The van der Waals surface area contributed by atoms with Gasteiger partial charge in [-0.15, -0.1) is 0 Å². The van der Waals surface area contributed by atoms with E-state index in [0.717, 1.165) is 49.1 Å². The summed E-state index contributed by atoms with van der Waals surface area (Å²) in [7, 11) is 1.99. The number of fused-ring (bicyclic) bond motifs is 2. The van der Waals surface area contributed by atoms with E-state index >= 15 is 0 Å². The zero-order valence-electron chi connectivity index (χ0n) is 22.1. The molecule has 39 heavy (non-hydrogen) atoms. The number of carbonyl (C=O) groups is 1. The number of halogens is 1. The van der Waals surface area contributed by atoms with Crippen LogP contribution >= 0.6 is 11.6 Å². The first-order valence-electron chi connectivity index (χ1n) is 13.4. The minimum Gasteiger partial charge on any atom is -0.488 e. The largest absolute Gasteiger partial charge is 0.488 e. The van der Waals surface area contributed by atoms with E-state index in [1.807, 2.05) is 48.9 Å². The van der Waals surface area contributed by atoms with Crippen molar-refractivity contribution in [2.75, 3.05) is 25.1 Å². The Balaban J connectivity index is 1.20. The predicted molar refractivity (Wildman–Crippen MR) is 151 cm³/mol. The number of hydrogen-bond acceptors (Lipinski definition) is 6. The van der Waals surface area contributed by atoms with Crippen molar-refractivity contribution in [3.05, 3.63) is 75.6 Å². The molecule has 1 aliphatic heterocycles. The molecule has 1 saturated carbocycles. The van der Waals surface area contributed by atoms with Crippen LogP contribution in [0.3, 0.4) is 0 Å². The van der Waals surface area contributed by atoms with Crippen LogP contribution in [0.5, 0.6) is 5.75 Å². The number of hydrogen-bond donors (Lipinski definition) is 1. The third kappa shape index (κ3) is 4.87. The topological polar surface area (TPSA) is 94.3 Å². The number of ether oxygens (including phenoxy) is 1. The predicted octanol–water partition coefficient (Wildman–Crippen LogP) is 4.36. The number of aromatic nitrogens is 4. The highest BCUT2D eigenvalue weighted by atomic mass is 35.5. The lowest BCUT2D eigenvalue weighted by atomic mass is 9.85. The zero-order valence-corrected chi connectivity index (χ0v) is 22.8. The molecule has 1 N–H and O–H groups in total. The summed E-state index contributed by atoms with van der Waals surface area (Å²) in [6.45, 7) is 3.80. The quantitative estimate of drug-likeness (QED) is 0.400. The maximum atomic E-state index is 13.8. The molecule has 4 heterocycles. The number of anilines is 1. The van der Waals surface area contributed by atoms with Gasteiger partial charge in [0, 0.05) is 31.9 Å². The summed E-state index contributed by atoms with van der Waals surface area (Å²) in [5.74, 6) is 1.67. The Morgan fingerprint density at radius 2 is 1.87 bits per heavy atom. The lowest BCUT2D eigenvalue weighted by Gasteiger charge is -2.29. The maximum absolute atomic E-state index is 13.8. The minimum absolute atomic E-state index is 0.0820. The van der Waals surface area contributed by atoms with Crippen molar-refractivity contribution in [3.8, 4) is 11.4 Å². The number of amides is 1. The molecule has 0 spiro atoms. The summed E-state index contributed by atoms with van der Waals surface area (Å²) in [5, 5.41) is 3.60. The second-order valence-corrected chi connectivity index (χ2v) is 10.9. The van der Waals surface area contributed by atoms with Crippen LogP contribution in [0.4, 0.5) is 5.82 Å². The van der Waals surface area contributed by atoms with Crippen molar-refractivity contribution in [2.45, 2.75) is 45.2 Å². The Morgan fingerprint density at radius 3 is 2.67 bits per heavy atom. The van der Waals surface area contributed by atoms with Crippen molar-refractivity contribution >= 4 is 34.4 Å². The van der Waals surface area contributed by atoms with Crippen molar-refractivity contribution in [2.24, 2.45) is 5.92 Å². The van der Waals surface area contributed by atoms with Crippen LogP contribution in [-0.2, 0) is 6.54 Å². The molecule has 10 heteroatoms. The van der Waals surface area contributed by atoms with Crippen molar-refractivity contribution in [1.29, 1.82) is 0 Å². The Labute approximate surface area is 231 Å². The van der Waals surface area contributed by atoms with E-state index in [1.54, 1.807) is 23.0 Å². The van der Waals surface area contributed by atoms with Crippen LogP contribution in [0.1, 0.15) is 41.7 Å². The Hall–Kier alpha value is -3.85. The minimum atomic E-state index is -0.140. The Morgan fingerprint density at radius 1 is 1.10 bits per heavy atom. The van der Waals surface area contributed by atoms with Crippen LogP contribution < -0.4 is 20.6 Å². The average molecular weight is 547 g/mol. The second kappa shape index (κ2) is 10.4. The fraction of sp³-hybridized carbons (Fsp3) is 0.379. The summed E-state index contributed by atoms with van der Waals surface area (Å²) < 4.78 is 9.46. The molecule has 0 radical (unpaired) electrons. The van der Waals surface area contributed by atoms with Gasteiger partial charge in [-0.25, -0.2) is 9.78 Å². The van der Waals surface area contributed by atoms with E-state index < -0.39 is 0 Å². The van der Waals surface area contributed by atoms with Gasteiger partial charge in [0.25, 0.3) is 5.91 Å². The molecule has 4 aromatic rings. The van der Waals surface area contributed by atoms with Crippen LogP contribution in [0.2, 0.25) is 5.02 Å². The Kier molecular flexibility index (Phi) is 6.76. The highest BCUT2D eigenvalue weighted by Crippen LogP contribution is 2.32. The monoisotopic (exact) mass is 546 g/mol. The summed E-state index contributed by atoms with van der Waals surface area (Å²) in [5.41, 5.74) is 3.53. The number of carbonyl (C=O) groups excluding carboxylic acids is 1. The highest BCUT2D eigenvalue weighted by Gasteiger charge is 2.26. The third-order valence-electron chi connectivity index (χ3n) is 7.88. The molecule has 202 valence electrons. The fourth-order valence-corrected chi connectivity index (χ4v) is 5.88. The lowest BCUT2D eigenvalue weighted by molar-refractivity contribution is 0.0919. The average Bonchev–Trinajstić information content (AvgIpc) is 3.22. The van der Waals surface area contributed by atoms with Gasteiger partial charge in [-0.1, -0.05) is 23.7 Å². The summed E-state index contributed by atoms with van der Waals surface area (Å²) in [4.78, 5) is 37.5. The number of likely N-dealkylation sites (N-methyl/N-ethyl adjacent to an activating group) is 1. The third-order valence-corrected chi connectivity index (χ3v) is 8.09. The van der Waals surface area contributed by atoms with E-state index in [0.29, 0.717) is 46.8 Å². The molecule has 9 nitrogen and oxygen atoms in total. The summed E-state index contributed by atoms with van der Waals surface area (Å²) >= 11 is 6.05. The molecule has 6 rings (SSSR count). The molecule has 0 atom stereocenters. The van der Waals surface area contributed by atoms with Crippen molar-refractivity contribution in [1.82, 2.24) is 24.4 Å². The van der Waals surface area contributed by atoms with E-state index in [1.165, 1.54) is 0 Å². The van der Waals surface area contributed by atoms with E-state index in [-0.39, 0.29) is 17.6 Å². The SMILES string of the molecule is Cc1ncc(Cl)cc1C(=O)N[C@H]1CC[C@H](Cn2c(=O)n(-c3cnc4c(c3)OCCN4C)c3ccccc32)CC1. The van der Waals surface area contributed by atoms with Gasteiger partial charge >= 0.3 is 5.69 Å². The molecule has 0 bridgehead atoms. The molecule has 1 amide bonds. The number of nitrogens with one attached hydrogen (secondary N) is 1. The van der Waals surface area contributed by atoms with Gasteiger partial charge in [-0.3, -0.25) is 18.9 Å². The van der Waals surface area contributed by atoms with Gasteiger partial charge in [0.15, 0.2) is 11.6 Å². The second-order valence-electron chi connectivity index (χ2n) is 10.5. The van der Waals surface area contributed by atoms with E-state index in [9.17, 15) is 9.59 Å².